The molecule has 0 unspecified atom stereocenters. The van der Waals surface area contributed by atoms with Crippen molar-refractivity contribution in [3.8, 4) is 0 Å². The largest absolute Gasteiger partial charge is 0.378 e. The lowest BCUT2D eigenvalue weighted by atomic mass is 10.1. The van der Waals surface area contributed by atoms with Gasteiger partial charge in [0.25, 0.3) is 5.91 Å². The van der Waals surface area contributed by atoms with E-state index in [4.69, 9.17) is 20.9 Å². The van der Waals surface area contributed by atoms with Crippen LogP contribution in [0.3, 0.4) is 0 Å². The molecule has 1 aliphatic heterocycles. The van der Waals surface area contributed by atoms with Gasteiger partial charge >= 0.3 is 0 Å². The van der Waals surface area contributed by atoms with Crippen LogP contribution in [0.15, 0.2) is 22.7 Å². The minimum Gasteiger partial charge on any atom is -0.378 e. The summed E-state index contributed by atoms with van der Waals surface area (Å²) >= 11 is 6.10. The molecule has 1 N–H and O–H groups in total. The molecule has 1 fully saturated rings. The molecular formula is C16H18ClN3O3. The van der Waals surface area contributed by atoms with Crippen LogP contribution in [0.25, 0.3) is 0 Å². The number of nitrogens with one attached hydrogen (secondary N) is 1. The van der Waals surface area contributed by atoms with E-state index in [1.54, 1.807) is 19.9 Å². The van der Waals surface area contributed by atoms with E-state index in [9.17, 15) is 4.79 Å². The Morgan fingerprint density at radius 2 is 2.04 bits per heavy atom. The average Bonchev–Trinajstić information content (AvgIpc) is 2.87. The summed E-state index contributed by atoms with van der Waals surface area (Å²) in [5.41, 5.74) is 2.62. The standard InChI is InChI=1S/C16H18ClN3O3/c1-10-15(11(2)23-19-10)16(21)18-13-9-12(17)3-4-14(13)20-5-7-22-8-6-20/h3-4,9H,5-8H2,1-2H3,(H,18,21). The molecule has 0 saturated carbocycles. The van der Waals surface area contributed by atoms with Gasteiger partial charge in [-0.15, -0.1) is 0 Å². The van der Waals surface area contributed by atoms with Gasteiger partial charge in [-0.1, -0.05) is 16.8 Å². The zero-order chi connectivity index (χ0) is 16.4. The Labute approximate surface area is 139 Å². The molecule has 122 valence electrons. The number of anilines is 2. The third kappa shape index (κ3) is 3.33. The van der Waals surface area contributed by atoms with Gasteiger partial charge in [0, 0.05) is 18.1 Å². The average molecular weight is 336 g/mol. The number of halogens is 1. The molecule has 3 rings (SSSR count). The lowest BCUT2D eigenvalue weighted by Gasteiger charge is -2.30. The molecule has 1 amide bonds. The number of nitrogens with zero attached hydrogens (tertiary/aromatic N) is 2. The van der Waals surface area contributed by atoms with Crippen LogP contribution in [-0.4, -0.2) is 37.4 Å². The van der Waals surface area contributed by atoms with Crippen molar-refractivity contribution in [2.24, 2.45) is 0 Å². The van der Waals surface area contributed by atoms with Gasteiger partial charge in [0.05, 0.1) is 30.3 Å². The number of morpholine rings is 1. The van der Waals surface area contributed by atoms with Crippen molar-refractivity contribution in [3.63, 3.8) is 0 Å². The number of aromatic nitrogens is 1. The van der Waals surface area contributed by atoms with Crippen LogP contribution in [0.4, 0.5) is 11.4 Å². The quantitative estimate of drug-likeness (QED) is 0.933. The molecular weight excluding hydrogens is 318 g/mol. The first-order chi connectivity index (χ1) is 11.1. The first-order valence-corrected chi connectivity index (χ1v) is 7.80. The predicted molar refractivity (Wildman–Crippen MR) is 88.4 cm³/mol. The number of benzene rings is 1. The molecule has 23 heavy (non-hydrogen) atoms. The number of rotatable bonds is 3. The second kappa shape index (κ2) is 6.60. The minimum absolute atomic E-state index is 0.252. The van der Waals surface area contributed by atoms with Gasteiger partial charge < -0.3 is 19.5 Å². The lowest BCUT2D eigenvalue weighted by Crippen LogP contribution is -2.36. The summed E-state index contributed by atoms with van der Waals surface area (Å²) in [5.74, 6) is 0.243. The molecule has 0 bridgehead atoms. The maximum absolute atomic E-state index is 12.6. The summed E-state index contributed by atoms with van der Waals surface area (Å²) in [5, 5.41) is 7.31. The highest BCUT2D eigenvalue weighted by Crippen LogP contribution is 2.30. The predicted octanol–water partition coefficient (Wildman–Crippen LogP) is 3.03. The maximum Gasteiger partial charge on any atom is 0.261 e. The Bertz CT molecular complexity index is 704. The van der Waals surface area contributed by atoms with E-state index in [2.05, 4.69) is 15.4 Å². The molecule has 1 aliphatic rings. The van der Waals surface area contributed by atoms with Gasteiger partial charge in [-0.3, -0.25) is 4.79 Å². The number of amides is 1. The van der Waals surface area contributed by atoms with E-state index in [0.717, 1.165) is 18.8 Å². The molecule has 7 heteroatoms. The monoisotopic (exact) mass is 335 g/mol. The fraction of sp³-hybridized carbons (Fsp3) is 0.375. The van der Waals surface area contributed by atoms with E-state index < -0.39 is 0 Å². The fourth-order valence-electron chi connectivity index (χ4n) is 2.68. The Hall–Kier alpha value is -2.05. The van der Waals surface area contributed by atoms with Crippen molar-refractivity contribution in [1.29, 1.82) is 0 Å². The number of carbonyl (C=O) groups is 1. The van der Waals surface area contributed by atoms with Gasteiger partial charge in [-0.05, 0) is 32.0 Å². The van der Waals surface area contributed by atoms with Crippen LogP contribution >= 0.6 is 11.6 Å². The number of ether oxygens (including phenoxy) is 1. The first-order valence-electron chi connectivity index (χ1n) is 7.42. The lowest BCUT2D eigenvalue weighted by molar-refractivity contribution is 0.102. The second-order valence-corrected chi connectivity index (χ2v) is 5.85. The third-order valence-corrected chi connectivity index (χ3v) is 4.05. The van der Waals surface area contributed by atoms with Crippen molar-refractivity contribution in [1.82, 2.24) is 5.16 Å². The molecule has 2 heterocycles. The van der Waals surface area contributed by atoms with Gasteiger partial charge in [-0.25, -0.2) is 0 Å². The Morgan fingerprint density at radius 1 is 1.30 bits per heavy atom. The zero-order valence-corrected chi connectivity index (χ0v) is 13.8. The van der Waals surface area contributed by atoms with Crippen molar-refractivity contribution < 1.29 is 14.1 Å². The smallest absolute Gasteiger partial charge is 0.261 e. The van der Waals surface area contributed by atoms with Gasteiger partial charge in [0.1, 0.15) is 11.3 Å². The summed E-state index contributed by atoms with van der Waals surface area (Å²) in [7, 11) is 0. The second-order valence-electron chi connectivity index (χ2n) is 5.41. The topological polar surface area (TPSA) is 67.6 Å². The van der Waals surface area contributed by atoms with Crippen LogP contribution in [-0.2, 0) is 4.74 Å². The number of hydrogen-bond acceptors (Lipinski definition) is 5. The highest BCUT2D eigenvalue weighted by Gasteiger charge is 2.21. The van der Waals surface area contributed by atoms with E-state index in [1.807, 2.05) is 12.1 Å². The highest BCUT2D eigenvalue weighted by atomic mass is 35.5. The zero-order valence-electron chi connectivity index (χ0n) is 13.1. The van der Waals surface area contributed by atoms with Crippen LogP contribution in [0.5, 0.6) is 0 Å². The molecule has 0 spiro atoms. The Morgan fingerprint density at radius 3 is 2.70 bits per heavy atom. The third-order valence-electron chi connectivity index (χ3n) is 3.82. The summed E-state index contributed by atoms with van der Waals surface area (Å²) in [6.07, 6.45) is 0. The Balaban J connectivity index is 1.89. The van der Waals surface area contributed by atoms with Crippen LogP contribution in [0.2, 0.25) is 5.02 Å². The van der Waals surface area contributed by atoms with Crippen LogP contribution in [0, 0.1) is 13.8 Å². The van der Waals surface area contributed by atoms with Crippen LogP contribution < -0.4 is 10.2 Å². The SMILES string of the molecule is Cc1noc(C)c1C(=O)Nc1cc(Cl)ccc1N1CCOCC1. The van der Waals surface area contributed by atoms with Crippen LogP contribution in [0.1, 0.15) is 21.8 Å². The molecule has 1 saturated heterocycles. The van der Waals surface area contributed by atoms with Crippen molar-refractivity contribution >= 4 is 28.9 Å². The molecule has 1 aromatic heterocycles. The van der Waals surface area contributed by atoms with E-state index in [0.29, 0.717) is 40.9 Å². The summed E-state index contributed by atoms with van der Waals surface area (Å²) in [6.45, 7) is 6.34. The van der Waals surface area contributed by atoms with Gasteiger partial charge in [0.2, 0.25) is 0 Å². The highest BCUT2D eigenvalue weighted by molar-refractivity contribution is 6.31. The molecule has 2 aromatic rings. The first kappa shape index (κ1) is 15.8. The number of carbonyl (C=O) groups excluding carboxylic acids is 1. The van der Waals surface area contributed by atoms with Gasteiger partial charge in [0.15, 0.2) is 0 Å². The van der Waals surface area contributed by atoms with Gasteiger partial charge in [-0.2, -0.15) is 0 Å². The Kier molecular flexibility index (Phi) is 4.54. The molecule has 0 aliphatic carbocycles. The van der Waals surface area contributed by atoms with E-state index in [1.165, 1.54) is 0 Å². The van der Waals surface area contributed by atoms with E-state index >= 15 is 0 Å². The summed E-state index contributed by atoms with van der Waals surface area (Å²) in [6, 6.07) is 5.48. The summed E-state index contributed by atoms with van der Waals surface area (Å²) < 4.78 is 10.4. The number of hydrogen-bond donors (Lipinski definition) is 1. The van der Waals surface area contributed by atoms with Crippen molar-refractivity contribution in [2.45, 2.75) is 13.8 Å². The molecule has 0 atom stereocenters. The minimum atomic E-state index is -0.252. The number of aryl methyl sites for hydroxylation is 2. The normalized spacial score (nSPS) is 14.8. The molecule has 1 aromatic carbocycles. The molecule has 0 radical (unpaired) electrons. The fourth-order valence-corrected chi connectivity index (χ4v) is 2.85. The molecule has 6 nitrogen and oxygen atoms in total. The van der Waals surface area contributed by atoms with Crippen molar-refractivity contribution in [2.75, 3.05) is 36.5 Å². The maximum atomic E-state index is 12.6. The van der Waals surface area contributed by atoms with Crippen molar-refractivity contribution in [3.05, 3.63) is 40.2 Å². The summed E-state index contributed by atoms with van der Waals surface area (Å²) in [4.78, 5) is 14.7. The van der Waals surface area contributed by atoms with E-state index in [-0.39, 0.29) is 5.91 Å².